The SMILES string of the molecule is COc1ccc(NC(=O)N2c3ccccc3NC3=C(C(=O)CC(c4ccco4)C3)C2c2ccccc2)cc1. The highest BCUT2D eigenvalue weighted by Crippen LogP contribution is 2.47. The molecule has 2 heterocycles. The molecule has 0 spiro atoms. The molecule has 7 heteroatoms. The number of allylic oxidation sites excluding steroid dienone is 1. The maximum Gasteiger partial charge on any atom is 0.327 e. The van der Waals surface area contributed by atoms with E-state index in [-0.39, 0.29) is 17.7 Å². The van der Waals surface area contributed by atoms with E-state index >= 15 is 0 Å². The van der Waals surface area contributed by atoms with Crippen LogP contribution in [0.5, 0.6) is 5.75 Å². The fourth-order valence-electron chi connectivity index (χ4n) is 5.35. The second-order valence-corrected chi connectivity index (χ2v) is 9.42. The average molecular weight is 506 g/mol. The highest BCUT2D eigenvalue weighted by atomic mass is 16.5. The Hall–Kier alpha value is -4.78. The lowest BCUT2D eigenvalue weighted by Crippen LogP contribution is -2.41. The van der Waals surface area contributed by atoms with Crippen LogP contribution < -0.4 is 20.3 Å². The van der Waals surface area contributed by atoms with Crippen molar-refractivity contribution in [2.75, 3.05) is 22.6 Å². The maximum absolute atomic E-state index is 14.1. The van der Waals surface area contributed by atoms with Gasteiger partial charge in [0.25, 0.3) is 0 Å². The van der Waals surface area contributed by atoms with Crippen LogP contribution in [0.3, 0.4) is 0 Å². The Morgan fingerprint density at radius 2 is 1.71 bits per heavy atom. The first-order valence-electron chi connectivity index (χ1n) is 12.6. The standard InChI is InChI=1S/C31H27N3O4/c1-37-23-15-13-22(14-16-23)32-31(36)34-26-11-6-5-10-24(26)33-25-18-21(28-12-7-17-38-28)19-27(35)29(25)30(34)20-8-3-2-4-9-20/h2-17,21,30,33H,18-19H2,1H3,(H,32,36). The van der Waals surface area contributed by atoms with E-state index in [0.29, 0.717) is 35.5 Å². The number of carbonyl (C=O) groups is 2. The number of fused-ring (bicyclic) bond motifs is 1. The van der Waals surface area contributed by atoms with E-state index in [0.717, 1.165) is 22.7 Å². The van der Waals surface area contributed by atoms with Crippen LogP contribution in [-0.2, 0) is 4.79 Å². The van der Waals surface area contributed by atoms with Crippen molar-refractivity contribution in [1.29, 1.82) is 0 Å². The Morgan fingerprint density at radius 3 is 2.45 bits per heavy atom. The Kier molecular flexibility index (Phi) is 6.17. The summed E-state index contributed by atoms with van der Waals surface area (Å²) in [6.45, 7) is 0. The summed E-state index contributed by atoms with van der Waals surface area (Å²) >= 11 is 0. The van der Waals surface area contributed by atoms with Crippen molar-refractivity contribution in [3.63, 3.8) is 0 Å². The molecule has 2 unspecified atom stereocenters. The van der Waals surface area contributed by atoms with Gasteiger partial charge < -0.3 is 19.8 Å². The van der Waals surface area contributed by atoms with Crippen LogP contribution in [0, 0.1) is 0 Å². The number of Topliss-reactive ketones (excluding diaryl/α,β-unsaturated/α-hetero) is 1. The van der Waals surface area contributed by atoms with E-state index in [9.17, 15) is 9.59 Å². The Morgan fingerprint density at radius 1 is 0.947 bits per heavy atom. The molecule has 1 aliphatic carbocycles. The fourth-order valence-corrected chi connectivity index (χ4v) is 5.35. The number of para-hydroxylation sites is 2. The van der Waals surface area contributed by atoms with Crippen LogP contribution in [0.15, 0.2) is 113 Å². The van der Waals surface area contributed by atoms with E-state index in [2.05, 4.69) is 10.6 Å². The molecule has 4 aromatic rings. The molecule has 38 heavy (non-hydrogen) atoms. The van der Waals surface area contributed by atoms with Crippen LogP contribution in [0.1, 0.15) is 36.1 Å². The number of hydrogen-bond acceptors (Lipinski definition) is 5. The molecule has 0 saturated carbocycles. The van der Waals surface area contributed by atoms with E-state index in [1.165, 1.54) is 0 Å². The molecular formula is C31H27N3O4. The Balaban J connectivity index is 1.48. The number of benzene rings is 3. The van der Waals surface area contributed by atoms with Gasteiger partial charge in [0.2, 0.25) is 0 Å². The molecule has 0 fully saturated rings. The molecule has 190 valence electrons. The van der Waals surface area contributed by atoms with Crippen molar-refractivity contribution in [1.82, 2.24) is 0 Å². The molecule has 1 aromatic heterocycles. The number of carbonyl (C=O) groups excluding carboxylic acids is 2. The van der Waals surface area contributed by atoms with Gasteiger partial charge in [-0.15, -0.1) is 0 Å². The predicted molar refractivity (Wildman–Crippen MR) is 146 cm³/mol. The minimum atomic E-state index is -0.620. The van der Waals surface area contributed by atoms with Crippen molar-refractivity contribution in [2.45, 2.75) is 24.8 Å². The first-order valence-corrected chi connectivity index (χ1v) is 12.6. The number of methoxy groups -OCH3 is 1. The fraction of sp³-hybridized carbons (Fsp3) is 0.161. The van der Waals surface area contributed by atoms with Gasteiger partial charge in [0, 0.05) is 29.3 Å². The molecule has 3 aromatic carbocycles. The monoisotopic (exact) mass is 505 g/mol. The number of furan rings is 1. The van der Waals surface area contributed by atoms with Gasteiger partial charge in [-0.1, -0.05) is 42.5 Å². The molecule has 2 N–H and O–H groups in total. The third-order valence-electron chi connectivity index (χ3n) is 7.11. The van der Waals surface area contributed by atoms with Gasteiger partial charge in [-0.2, -0.15) is 0 Å². The zero-order valence-corrected chi connectivity index (χ0v) is 20.9. The highest BCUT2D eigenvalue weighted by molar-refractivity contribution is 6.09. The normalized spacial score (nSPS) is 18.7. The van der Waals surface area contributed by atoms with Crippen molar-refractivity contribution in [3.8, 4) is 5.75 Å². The lowest BCUT2D eigenvalue weighted by Gasteiger charge is -2.34. The van der Waals surface area contributed by atoms with Gasteiger partial charge in [0.05, 0.1) is 30.8 Å². The van der Waals surface area contributed by atoms with Gasteiger partial charge in [0.1, 0.15) is 11.5 Å². The summed E-state index contributed by atoms with van der Waals surface area (Å²) in [5, 5.41) is 6.55. The topological polar surface area (TPSA) is 83.8 Å². The first kappa shape index (κ1) is 23.6. The molecule has 7 nitrogen and oxygen atoms in total. The van der Waals surface area contributed by atoms with E-state index in [1.807, 2.05) is 66.7 Å². The minimum absolute atomic E-state index is 0.0101. The van der Waals surface area contributed by atoms with Crippen LogP contribution in [0.25, 0.3) is 0 Å². The summed E-state index contributed by atoms with van der Waals surface area (Å²) in [4.78, 5) is 29.7. The van der Waals surface area contributed by atoms with E-state index in [1.54, 1.807) is 42.5 Å². The molecule has 0 saturated heterocycles. The summed E-state index contributed by atoms with van der Waals surface area (Å²) in [5.41, 5.74) is 4.33. The molecule has 0 radical (unpaired) electrons. The van der Waals surface area contributed by atoms with E-state index in [4.69, 9.17) is 9.15 Å². The van der Waals surface area contributed by atoms with Crippen LogP contribution >= 0.6 is 0 Å². The third-order valence-corrected chi connectivity index (χ3v) is 7.11. The Labute approximate surface area is 220 Å². The van der Waals surface area contributed by atoms with Crippen LogP contribution in [0.2, 0.25) is 0 Å². The molecule has 0 bridgehead atoms. The number of urea groups is 1. The zero-order valence-electron chi connectivity index (χ0n) is 20.9. The summed E-state index contributed by atoms with van der Waals surface area (Å²) in [7, 11) is 1.60. The summed E-state index contributed by atoms with van der Waals surface area (Å²) in [6.07, 6.45) is 2.54. The number of nitrogens with one attached hydrogen (secondary N) is 2. The van der Waals surface area contributed by atoms with Gasteiger partial charge in [-0.25, -0.2) is 4.79 Å². The number of ketones is 1. The van der Waals surface area contributed by atoms with Crippen molar-refractivity contribution in [2.24, 2.45) is 0 Å². The van der Waals surface area contributed by atoms with Crippen LogP contribution in [0.4, 0.5) is 21.9 Å². The second kappa shape index (κ2) is 9.94. The number of amides is 2. The molecular weight excluding hydrogens is 478 g/mol. The summed E-state index contributed by atoms with van der Waals surface area (Å²) < 4.78 is 10.9. The summed E-state index contributed by atoms with van der Waals surface area (Å²) in [6, 6.07) is 27.3. The number of hydrogen-bond donors (Lipinski definition) is 2. The average Bonchev–Trinajstić information content (AvgIpc) is 3.44. The van der Waals surface area contributed by atoms with Crippen molar-refractivity contribution >= 4 is 28.9 Å². The van der Waals surface area contributed by atoms with Crippen molar-refractivity contribution < 1.29 is 18.7 Å². The largest absolute Gasteiger partial charge is 0.497 e. The van der Waals surface area contributed by atoms with Crippen molar-refractivity contribution in [3.05, 3.63) is 120 Å². The van der Waals surface area contributed by atoms with Gasteiger partial charge >= 0.3 is 6.03 Å². The highest BCUT2D eigenvalue weighted by Gasteiger charge is 2.42. The minimum Gasteiger partial charge on any atom is -0.497 e. The Bertz CT molecular complexity index is 1490. The smallest absolute Gasteiger partial charge is 0.327 e. The van der Waals surface area contributed by atoms with Crippen LogP contribution in [-0.4, -0.2) is 18.9 Å². The molecule has 2 atom stereocenters. The lowest BCUT2D eigenvalue weighted by molar-refractivity contribution is -0.116. The quantitative estimate of drug-likeness (QED) is 0.315. The lowest BCUT2D eigenvalue weighted by atomic mass is 9.80. The second-order valence-electron chi connectivity index (χ2n) is 9.42. The van der Waals surface area contributed by atoms with Gasteiger partial charge in [0.15, 0.2) is 5.78 Å². The zero-order chi connectivity index (χ0) is 26.1. The summed E-state index contributed by atoms with van der Waals surface area (Å²) in [5.74, 6) is 1.40. The molecule has 6 rings (SSSR count). The van der Waals surface area contributed by atoms with Gasteiger partial charge in [-0.05, 0) is 60.5 Å². The number of ether oxygens (including phenoxy) is 1. The molecule has 1 aliphatic heterocycles. The number of nitrogens with zero attached hydrogens (tertiary/aromatic N) is 1. The van der Waals surface area contributed by atoms with E-state index < -0.39 is 6.04 Å². The first-order chi connectivity index (χ1) is 18.6. The molecule has 2 aliphatic rings. The maximum atomic E-state index is 14.1. The van der Waals surface area contributed by atoms with Gasteiger partial charge in [-0.3, -0.25) is 9.69 Å². The number of anilines is 3. The molecule has 2 amide bonds. The third kappa shape index (κ3) is 4.32. The number of rotatable bonds is 4. The predicted octanol–water partition coefficient (Wildman–Crippen LogP) is 6.89.